The van der Waals surface area contributed by atoms with E-state index in [2.05, 4.69) is 10.6 Å². The van der Waals surface area contributed by atoms with E-state index in [1.807, 2.05) is 38.1 Å². The number of nitrogens with one attached hydrogen (secondary N) is 2. The van der Waals surface area contributed by atoms with Crippen LogP contribution < -0.4 is 10.6 Å². The van der Waals surface area contributed by atoms with Gasteiger partial charge in [-0.25, -0.2) is 4.79 Å². The van der Waals surface area contributed by atoms with Crippen molar-refractivity contribution in [1.29, 1.82) is 0 Å². The summed E-state index contributed by atoms with van der Waals surface area (Å²) in [6.07, 6.45) is 5.28. The molecule has 0 saturated heterocycles. The van der Waals surface area contributed by atoms with E-state index in [0.29, 0.717) is 12.7 Å². The molecule has 0 radical (unpaired) electrons. The Bertz CT molecular complexity index is 520. The van der Waals surface area contributed by atoms with E-state index in [1.165, 1.54) is 25.7 Å². The lowest BCUT2D eigenvalue weighted by atomic mass is 9.93. The molecular weight excluding hydrogens is 304 g/mol. The lowest BCUT2D eigenvalue weighted by Gasteiger charge is -2.27. The molecule has 5 heteroatoms. The van der Waals surface area contributed by atoms with Gasteiger partial charge >= 0.3 is 6.03 Å². The van der Waals surface area contributed by atoms with Crippen LogP contribution in [0.5, 0.6) is 0 Å². The number of aliphatic hydroxyl groups is 1. The third kappa shape index (κ3) is 5.80. The third-order valence-electron chi connectivity index (χ3n) is 4.85. The van der Waals surface area contributed by atoms with Gasteiger partial charge in [-0.3, -0.25) is 0 Å². The second-order valence-electron chi connectivity index (χ2n) is 7.23. The molecule has 0 spiro atoms. The van der Waals surface area contributed by atoms with Gasteiger partial charge in [-0.15, -0.1) is 0 Å². The second-order valence-corrected chi connectivity index (χ2v) is 7.23. The van der Waals surface area contributed by atoms with Gasteiger partial charge < -0.3 is 20.5 Å². The van der Waals surface area contributed by atoms with E-state index in [4.69, 9.17) is 4.74 Å². The van der Waals surface area contributed by atoms with Crippen molar-refractivity contribution in [3.8, 4) is 0 Å². The zero-order chi connectivity index (χ0) is 17.6. The number of benzene rings is 1. The highest BCUT2D eigenvalue weighted by atomic mass is 16.5. The van der Waals surface area contributed by atoms with E-state index >= 15 is 0 Å². The Morgan fingerprint density at radius 3 is 2.50 bits per heavy atom. The minimum absolute atomic E-state index is 0.0666. The average Bonchev–Trinajstić information content (AvgIpc) is 3.06. The van der Waals surface area contributed by atoms with Crippen LogP contribution >= 0.6 is 0 Å². The summed E-state index contributed by atoms with van der Waals surface area (Å²) in [5, 5.41) is 15.6. The summed E-state index contributed by atoms with van der Waals surface area (Å²) in [5.74, 6) is 0.0666. The number of hydrogen-bond donors (Lipinski definition) is 3. The molecule has 2 amide bonds. The first-order valence-electron chi connectivity index (χ1n) is 8.84. The molecule has 1 aliphatic carbocycles. The van der Waals surface area contributed by atoms with Crippen molar-refractivity contribution in [3.05, 3.63) is 29.8 Å². The fourth-order valence-corrected chi connectivity index (χ4v) is 2.59. The maximum absolute atomic E-state index is 11.9. The number of amides is 2. The van der Waals surface area contributed by atoms with Crippen molar-refractivity contribution in [2.24, 2.45) is 5.92 Å². The SMILES string of the molecule is CC(C)C(C)(O)CNC(=O)Nc1ccc(COC2CCCC2)cc1. The molecule has 134 valence electrons. The number of rotatable bonds is 7. The van der Waals surface area contributed by atoms with Gasteiger partial charge in [-0.1, -0.05) is 38.8 Å². The zero-order valence-electron chi connectivity index (χ0n) is 15.0. The number of hydrogen-bond acceptors (Lipinski definition) is 3. The van der Waals surface area contributed by atoms with E-state index in [9.17, 15) is 9.90 Å². The molecule has 1 aromatic rings. The lowest BCUT2D eigenvalue weighted by Crippen LogP contribution is -2.45. The van der Waals surface area contributed by atoms with Gasteiger partial charge in [0.05, 0.1) is 18.3 Å². The fraction of sp³-hybridized carbons (Fsp3) is 0.632. The summed E-state index contributed by atoms with van der Waals surface area (Å²) >= 11 is 0. The van der Waals surface area contributed by atoms with Gasteiger partial charge in [0.15, 0.2) is 0 Å². The number of carbonyl (C=O) groups is 1. The van der Waals surface area contributed by atoms with Gasteiger partial charge in [0, 0.05) is 12.2 Å². The first kappa shape index (κ1) is 18.7. The highest BCUT2D eigenvalue weighted by Gasteiger charge is 2.25. The topological polar surface area (TPSA) is 70.6 Å². The van der Waals surface area contributed by atoms with Crippen molar-refractivity contribution in [3.63, 3.8) is 0 Å². The summed E-state index contributed by atoms with van der Waals surface area (Å²) in [7, 11) is 0. The molecule has 1 fully saturated rings. The molecule has 0 bridgehead atoms. The van der Waals surface area contributed by atoms with Crippen molar-refractivity contribution >= 4 is 11.7 Å². The first-order valence-corrected chi connectivity index (χ1v) is 8.84. The molecular formula is C19H30N2O3. The number of urea groups is 1. The Hall–Kier alpha value is -1.59. The van der Waals surface area contributed by atoms with Crippen molar-refractivity contribution in [1.82, 2.24) is 5.32 Å². The number of ether oxygens (including phenoxy) is 1. The predicted molar refractivity (Wildman–Crippen MR) is 96.0 cm³/mol. The monoisotopic (exact) mass is 334 g/mol. The minimum atomic E-state index is -0.918. The average molecular weight is 334 g/mol. The number of anilines is 1. The van der Waals surface area contributed by atoms with Crippen molar-refractivity contribution in [2.75, 3.05) is 11.9 Å². The van der Waals surface area contributed by atoms with Gasteiger partial charge in [-0.2, -0.15) is 0 Å². The van der Waals surface area contributed by atoms with Crippen LogP contribution in [0, 0.1) is 5.92 Å². The summed E-state index contributed by atoms with van der Waals surface area (Å²) in [4.78, 5) is 11.9. The highest BCUT2D eigenvalue weighted by molar-refractivity contribution is 5.89. The molecule has 5 nitrogen and oxygen atoms in total. The van der Waals surface area contributed by atoms with Crippen molar-refractivity contribution in [2.45, 2.75) is 64.8 Å². The van der Waals surface area contributed by atoms with Crippen LogP contribution in [-0.4, -0.2) is 29.4 Å². The Morgan fingerprint density at radius 1 is 1.29 bits per heavy atom. The van der Waals surface area contributed by atoms with Gasteiger partial charge in [0.2, 0.25) is 0 Å². The van der Waals surface area contributed by atoms with Gasteiger partial charge in [-0.05, 0) is 43.4 Å². The molecule has 2 rings (SSSR count). The summed E-state index contributed by atoms with van der Waals surface area (Å²) in [5.41, 5.74) is 0.913. The highest BCUT2D eigenvalue weighted by Crippen LogP contribution is 2.22. The fourth-order valence-electron chi connectivity index (χ4n) is 2.59. The number of carbonyl (C=O) groups excluding carboxylic acids is 1. The van der Waals surface area contributed by atoms with Crippen LogP contribution in [0.2, 0.25) is 0 Å². The normalized spacial score (nSPS) is 17.7. The minimum Gasteiger partial charge on any atom is -0.388 e. The van der Waals surface area contributed by atoms with E-state index in [0.717, 1.165) is 11.3 Å². The molecule has 1 aromatic carbocycles. The summed E-state index contributed by atoms with van der Waals surface area (Å²) in [6.45, 7) is 6.40. The van der Waals surface area contributed by atoms with Gasteiger partial charge in [0.1, 0.15) is 0 Å². The Balaban J connectivity index is 1.75. The molecule has 1 aliphatic rings. The molecule has 1 atom stereocenters. The molecule has 0 aromatic heterocycles. The largest absolute Gasteiger partial charge is 0.388 e. The maximum Gasteiger partial charge on any atom is 0.319 e. The molecule has 24 heavy (non-hydrogen) atoms. The van der Waals surface area contributed by atoms with Crippen LogP contribution in [0.4, 0.5) is 10.5 Å². The smallest absolute Gasteiger partial charge is 0.319 e. The quantitative estimate of drug-likeness (QED) is 0.712. The Kier molecular flexibility index (Phi) is 6.63. The van der Waals surface area contributed by atoms with Crippen LogP contribution in [0.1, 0.15) is 52.0 Å². The third-order valence-corrected chi connectivity index (χ3v) is 4.85. The molecule has 1 saturated carbocycles. The zero-order valence-corrected chi connectivity index (χ0v) is 15.0. The lowest BCUT2D eigenvalue weighted by molar-refractivity contribution is 0.0170. The summed E-state index contributed by atoms with van der Waals surface area (Å²) < 4.78 is 5.88. The van der Waals surface area contributed by atoms with E-state index in [1.54, 1.807) is 6.92 Å². The van der Waals surface area contributed by atoms with Crippen molar-refractivity contribution < 1.29 is 14.6 Å². The molecule has 0 heterocycles. The maximum atomic E-state index is 11.9. The molecule has 3 N–H and O–H groups in total. The van der Waals surface area contributed by atoms with Crippen LogP contribution in [0.15, 0.2) is 24.3 Å². The van der Waals surface area contributed by atoms with Crippen LogP contribution in [-0.2, 0) is 11.3 Å². The molecule has 1 unspecified atom stereocenters. The summed E-state index contributed by atoms with van der Waals surface area (Å²) in [6, 6.07) is 7.36. The van der Waals surface area contributed by atoms with Crippen LogP contribution in [0.3, 0.4) is 0 Å². The van der Waals surface area contributed by atoms with E-state index < -0.39 is 5.60 Å². The Labute approximate surface area is 144 Å². The Morgan fingerprint density at radius 2 is 1.92 bits per heavy atom. The van der Waals surface area contributed by atoms with Crippen LogP contribution in [0.25, 0.3) is 0 Å². The standard InChI is InChI=1S/C19H30N2O3/c1-14(2)19(3,23)13-20-18(22)21-16-10-8-15(9-11-16)12-24-17-6-4-5-7-17/h8-11,14,17,23H,4-7,12-13H2,1-3H3,(H2,20,21,22). The first-order chi connectivity index (χ1) is 11.4. The van der Waals surface area contributed by atoms with E-state index in [-0.39, 0.29) is 18.5 Å². The second kappa shape index (κ2) is 8.49. The predicted octanol–water partition coefficient (Wildman–Crippen LogP) is 3.67. The van der Waals surface area contributed by atoms with Gasteiger partial charge in [0.25, 0.3) is 0 Å². The molecule has 0 aliphatic heterocycles.